The molecule has 2 rings (SSSR count). The standard InChI is InChI=1S/C20H26N4O7/c21-11-16(25)22-13(10-17(26)27)18(28)23-14(9-12-5-2-1-3-6-12)19(29)24-8-4-7-15(24)20(30)31/h1-3,5-6,13-15H,4,7-11,21H2,(H,22,25)(H,23,28)(H,26,27)(H,30,31). The summed E-state index contributed by atoms with van der Waals surface area (Å²) in [6, 6.07) is 5.22. The van der Waals surface area contributed by atoms with Crippen LogP contribution < -0.4 is 16.4 Å². The van der Waals surface area contributed by atoms with E-state index in [4.69, 9.17) is 10.8 Å². The Morgan fingerprint density at radius 2 is 1.74 bits per heavy atom. The predicted octanol–water partition coefficient (Wildman–Crippen LogP) is -1.29. The topological polar surface area (TPSA) is 179 Å². The molecule has 1 aliphatic rings. The first-order chi connectivity index (χ1) is 14.7. The zero-order valence-electron chi connectivity index (χ0n) is 16.8. The van der Waals surface area contributed by atoms with Crippen molar-refractivity contribution < 1.29 is 34.2 Å². The second-order valence-electron chi connectivity index (χ2n) is 7.20. The number of aliphatic carboxylic acids is 2. The number of nitrogens with zero attached hydrogens (tertiary/aromatic N) is 1. The highest BCUT2D eigenvalue weighted by atomic mass is 16.4. The largest absolute Gasteiger partial charge is 0.481 e. The van der Waals surface area contributed by atoms with Gasteiger partial charge in [0.1, 0.15) is 18.1 Å². The molecule has 11 nitrogen and oxygen atoms in total. The number of carboxylic acids is 2. The quantitative estimate of drug-likeness (QED) is 0.302. The van der Waals surface area contributed by atoms with Gasteiger partial charge in [-0.15, -0.1) is 0 Å². The van der Waals surface area contributed by atoms with E-state index < -0.39 is 60.8 Å². The average Bonchev–Trinajstić information content (AvgIpc) is 3.22. The number of likely N-dealkylation sites (tertiary alicyclic amines) is 1. The van der Waals surface area contributed by atoms with Crippen LogP contribution in [0.25, 0.3) is 0 Å². The summed E-state index contributed by atoms with van der Waals surface area (Å²) in [4.78, 5) is 61.3. The van der Waals surface area contributed by atoms with E-state index in [-0.39, 0.29) is 13.0 Å². The van der Waals surface area contributed by atoms with Crippen LogP contribution in [0.15, 0.2) is 30.3 Å². The van der Waals surface area contributed by atoms with Gasteiger partial charge in [-0.2, -0.15) is 0 Å². The molecule has 1 heterocycles. The SMILES string of the molecule is NCC(=O)NC(CC(=O)O)C(=O)NC(Cc1ccccc1)C(=O)N1CCCC1C(=O)O. The number of hydrogen-bond donors (Lipinski definition) is 5. The van der Waals surface area contributed by atoms with Gasteiger partial charge >= 0.3 is 11.9 Å². The van der Waals surface area contributed by atoms with E-state index in [9.17, 15) is 29.1 Å². The molecule has 0 saturated carbocycles. The predicted molar refractivity (Wildman–Crippen MR) is 108 cm³/mol. The highest BCUT2D eigenvalue weighted by molar-refractivity contribution is 5.95. The number of rotatable bonds is 10. The van der Waals surface area contributed by atoms with Crippen LogP contribution in [-0.2, 0) is 30.4 Å². The Balaban J connectivity index is 2.25. The molecule has 0 bridgehead atoms. The van der Waals surface area contributed by atoms with Crippen LogP contribution in [0.1, 0.15) is 24.8 Å². The fourth-order valence-electron chi connectivity index (χ4n) is 3.45. The number of carbonyl (C=O) groups is 5. The van der Waals surface area contributed by atoms with E-state index in [1.54, 1.807) is 30.3 Å². The van der Waals surface area contributed by atoms with Gasteiger partial charge in [-0.3, -0.25) is 19.2 Å². The highest BCUT2D eigenvalue weighted by Crippen LogP contribution is 2.19. The smallest absolute Gasteiger partial charge is 0.326 e. The Labute approximate surface area is 178 Å². The van der Waals surface area contributed by atoms with Gasteiger partial charge in [0.15, 0.2) is 0 Å². The number of benzene rings is 1. The molecule has 3 atom stereocenters. The fourth-order valence-corrected chi connectivity index (χ4v) is 3.45. The van der Waals surface area contributed by atoms with Crippen molar-refractivity contribution in [1.29, 1.82) is 0 Å². The van der Waals surface area contributed by atoms with Gasteiger partial charge in [0, 0.05) is 13.0 Å². The second-order valence-corrected chi connectivity index (χ2v) is 7.20. The number of hydrogen-bond acceptors (Lipinski definition) is 6. The minimum atomic E-state index is -1.44. The van der Waals surface area contributed by atoms with Crippen molar-refractivity contribution in [2.45, 2.75) is 43.8 Å². The van der Waals surface area contributed by atoms with Crippen molar-refractivity contribution >= 4 is 29.7 Å². The Hall–Kier alpha value is -3.47. The van der Waals surface area contributed by atoms with Crippen LogP contribution in [0.2, 0.25) is 0 Å². The molecule has 0 aliphatic carbocycles. The maximum absolute atomic E-state index is 13.1. The summed E-state index contributed by atoms with van der Waals surface area (Å²) in [7, 11) is 0. The summed E-state index contributed by atoms with van der Waals surface area (Å²) < 4.78 is 0. The first-order valence-electron chi connectivity index (χ1n) is 9.81. The van der Waals surface area contributed by atoms with E-state index in [1.807, 2.05) is 0 Å². The Morgan fingerprint density at radius 1 is 1.06 bits per heavy atom. The van der Waals surface area contributed by atoms with Crippen LogP contribution >= 0.6 is 0 Å². The van der Waals surface area contributed by atoms with Gasteiger partial charge in [-0.1, -0.05) is 30.3 Å². The average molecular weight is 434 g/mol. The molecule has 11 heteroatoms. The molecule has 0 radical (unpaired) electrons. The Kier molecular flexibility index (Phi) is 8.50. The number of amides is 3. The molecule has 31 heavy (non-hydrogen) atoms. The fraction of sp³-hybridized carbons (Fsp3) is 0.450. The second kappa shape index (κ2) is 11.1. The monoisotopic (exact) mass is 434 g/mol. The van der Waals surface area contributed by atoms with Crippen LogP contribution in [0.5, 0.6) is 0 Å². The lowest BCUT2D eigenvalue weighted by molar-refractivity contribution is -0.149. The molecule has 3 unspecified atom stereocenters. The summed E-state index contributed by atoms with van der Waals surface area (Å²) >= 11 is 0. The molecule has 0 aromatic heterocycles. The van der Waals surface area contributed by atoms with Crippen molar-refractivity contribution in [2.75, 3.05) is 13.1 Å². The van der Waals surface area contributed by atoms with E-state index in [2.05, 4.69) is 10.6 Å². The van der Waals surface area contributed by atoms with Gasteiger partial charge in [0.25, 0.3) is 0 Å². The molecule has 1 aromatic rings. The summed E-state index contributed by atoms with van der Waals surface area (Å²) in [6.07, 6.45) is 0.189. The van der Waals surface area contributed by atoms with Crippen LogP contribution in [0, 0.1) is 0 Å². The van der Waals surface area contributed by atoms with Gasteiger partial charge in [-0.25, -0.2) is 4.79 Å². The number of carbonyl (C=O) groups excluding carboxylic acids is 3. The molecule has 1 fully saturated rings. The minimum absolute atomic E-state index is 0.0683. The molecule has 3 amide bonds. The molecule has 168 valence electrons. The number of carboxylic acid groups (broad SMARTS) is 2. The third-order valence-corrected chi connectivity index (χ3v) is 4.93. The van der Waals surface area contributed by atoms with Gasteiger partial charge in [0.2, 0.25) is 17.7 Å². The molecule has 1 aliphatic heterocycles. The van der Waals surface area contributed by atoms with E-state index in [0.717, 1.165) is 0 Å². The molecule has 1 aromatic carbocycles. The molecule has 0 spiro atoms. The van der Waals surface area contributed by atoms with E-state index >= 15 is 0 Å². The first-order valence-corrected chi connectivity index (χ1v) is 9.81. The lowest BCUT2D eigenvalue weighted by Gasteiger charge is -2.28. The summed E-state index contributed by atoms with van der Waals surface area (Å²) in [5, 5.41) is 23.2. The zero-order valence-corrected chi connectivity index (χ0v) is 16.8. The number of nitrogens with one attached hydrogen (secondary N) is 2. The van der Waals surface area contributed by atoms with Crippen molar-refractivity contribution in [3.05, 3.63) is 35.9 Å². The maximum atomic E-state index is 13.1. The molecular formula is C20H26N4O7. The Bertz CT molecular complexity index is 830. The van der Waals surface area contributed by atoms with Gasteiger partial charge in [0.05, 0.1) is 13.0 Å². The van der Waals surface area contributed by atoms with Crippen molar-refractivity contribution in [3.63, 3.8) is 0 Å². The zero-order chi connectivity index (χ0) is 23.0. The molecular weight excluding hydrogens is 408 g/mol. The first kappa shape index (κ1) is 23.8. The summed E-state index contributed by atoms with van der Waals surface area (Å²) in [5.41, 5.74) is 5.94. The van der Waals surface area contributed by atoms with Crippen LogP contribution in [0.3, 0.4) is 0 Å². The van der Waals surface area contributed by atoms with Crippen LogP contribution in [-0.4, -0.2) is 76.0 Å². The third-order valence-electron chi connectivity index (χ3n) is 4.93. The van der Waals surface area contributed by atoms with Crippen molar-refractivity contribution in [2.24, 2.45) is 5.73 Å². The van der Waals surface area contributed by atoms with Gasteiger partial charge < -0.3 is 31.5 Å². The normalized spacial score (nSPS) is 17.5. The molecule has 1 saturated heterocycles. The third kappa shape index (κ3) is 6.78. The maximum Gasteiger partial charge on any atom is 0.326 e. The minimum Gasteiger partial charge on any atom is -0.481 e. The van der Waals surface area contributed by atoms with E-state index in [1.165, 1.54) is 4.90 Å². The van der Waals surface area contributed by atoms with Crippen molar-refractivity contribution in [1.82, 2.24) is 15.5 Å². The number of nitrogens with two attached hydrogens (primary N) is 1. The lowest BCUT2D eigenvalue weighted by Crippen LogP contribution is -2.57. The van der Waals surface area contributed by atoms with Crippen LogP contribution in [0.4, 0.5) is 0 Å². The highest BCUT2D eigenvalue weighted by Gasteiger charge is 2.38. The van der Waals surface area contributed by atoms with Crippen molar-refractivity contribution in [3.8, 4) is 0 Å². The molecule has 6 N–H and O–H groups in total. The van der Waals surface area contributed by atoms with E-state index in [0.29, 0.717) is 18.4 Å². The Morgan fingerprint density at radius 3 is 2.32 bits per heavy atom. The summed E-state index contributed by atoms with van der Waals surface area (Å²) in [6.45, 7) is -0.205. The summed E-state index contributed by atoms with van der Waals surface area (Å²) in [5.74, 6) is -4.63. The lowest BCUT2D eigenvalue weighted by atomic mass is 10.0. The van der Waals surface area contributed by atoms with Gasteiger partial charge in [-0.05, 0) is 18.4 Å².